The maximum absolute atomic E-state index is 13.0. The maximum Gasteiger partial charge on any atom is 0.338 e. The van der Waals surface area contributed by atoms with E-state index < -0.39 is 48.6 Å². The van der Waals surface area contributed by atoms with Gasteiger partial charge in [-0.3, -0.25) is 0 Å². The van der Waals surface area contributed by atoms with Gasteiger partial charge in [-0.2, -0.15) is 0 Å². The van der Waals surface area contributed by atoms with Crippen molar-refractivity contribution < 1.29 is 42.8 Å². The number of hydrogen-bond donors (Lipinski definition) is 0. The highest BCUT2D eigenvalue weighted by Gasteiger charge is 2.51. The summed E-state index contributed by atoms with van der Waals surface area (Å²) in [6.45, 7) is -0.231. The highest BCUT2D eigenvalue weighted by molar-refractivity contribution is 5.90. The molecule has 1 saturated heterocycles. The van der Waals surface area contributed by atoms with Gasteiger partial charge in [0.25, 0.3) is 0 Å². The number of carbonyl (C=O) groups excluding carboxylic acids is 3. The lowest BCUT2D eigenvalue weighted by molar-refractivity contribution is -0.296. The third-order valence-electron chi connectivity index (χ3n) is 5.99. The SMILES string of the molecule is CO[C@H]1O[C@H](COC(=O)c2ccccc2)[C@H](OC)[C@H](OC(=O)c2ccccc2)[C@H]1OC(=O)c1ccccc1. The third kappa shape index (κ3) is 6.44. The topological polar surface area (TPSA) is 107 Å². The summed E-state index contributed by atoms with van der Waals surface area (Å²) in [5.41, 5.74) is 0.952. The Labute approximate surface area is 220 Å². The van der Waals surface area contributed by atoms with Crippen LogP contribution >= 0.6 is 0 Å². The van der Waals surface area contributed by atoms with Crippen molar-refractivity contribution in [1.82, 2.24) is 0 Å². The summed E-state index contributed by atoms with van der Waals surface area (Å²) in [5.74, 6) is -1.88. The largest absolute Gasteiger partial charge is 0.459 e. The lowest BCUT2D eigenvalue weighted by Gasteiger charge is -2.43. The molecule has 0 unspecified atom stereocenters. The zero-order chi connectivity index (χ0) is 26.9. The molecule has 1 heterocycles. The Morgan fingerprint density at radius 1 is 0.605 bits per heavy atom. The van der Waals surface area contributed by atoms with Gasteiger partial charge in [0.2, 0.25) is 0 Å². The summed E-state index contributed by atoms with van der Waals surface area (Å²) in [7, 11) is 2.76. The molecule has 9 heteroatoms. The second-order valence-electron chi connectivity index (χ2n) is 8.42. The summed E-state index contributed by atoms with van der Waals surface area (Å²) in [6.07, 6.45) is -5.36. The number of esters is 3. The predicted octanol–water partition coefficient (Wildman–Crippen LogP) is 3.68. The molecule has 1 aliphatic heterocycles. The van der Waals surface area contributed by atoms with Crippen LogP contribution in [0.15, 0.2) is 91.0 Å². The van der Waals surface area contributed by atoms with E-state index in [1.165, 1.54) is 14.2 Å². The van der Waals surface area contributed by atoms with Gasteiger partial charge in [0, 0.05) is 14.2 Å². The van der Waals surface area contributed by atoms with Gasteiger partial charge in [-0.1, -0.05) is 54.6 Å². The van der Waals surface area contributed by atoms with Crippen molar-refractivity contribution in [3.8, 4) is 0 Å². The van der Waals surface area contributed by atoms with Gasteiger partial charge in [-0.15, -0.1) is 0 Å². The van der Waals surface area contributed by atoms with Crippen LogP contribution in [0.1, 0.15) is 31.1 Å². The molecular formula is C29H28O9. The summed E-state index contributed by atoms with van der Waals surface area (Å²) < 4.78 is 34.2. The van der Waals surface area contributed by atoms with Gasteiger partial charge in [-0.25, -0.2) is 14.4 Å². The van der Waals surface area contributed by atoms with E-state index in [2.05, 4.69) is 0 Å². The lowest BCUT2D eigenvalue weighted by atomic mass is 9.98. The average molecular weight is 521 g/mol. The predicted molar refractivity (Wildman–Crippen MR) is 134 cm³/mol. The maximum atomic E-state index is 13.0. The Balaban J connectivity index is 1.59. The highest BCUT2D eigenvalue weighted by Crippen LogP contribution is 2.30. The van der Waals surface area contributed by atoms with Crippen LogP contribution in [0.4, 0.5) is 0 Å². The Bertz CT molecular complexity index is 1200. The van der Waals surface area contributed by atoms with E-state index in [1.54, 1.807) is 91.0 Å². The van der Waals surface area contributed by atoms with Crippen LogP contribution < -0.4 is 0 Å². The van der Waals surface area contributed by atoms with E-state index in [0.717, 1.165) is 0 Å². The van der Waals surface area contributed by atoms with Crippen LogP contribution in [0, 0.1) is 0 Å². The standard InChI is InChI=1S/C29H28O9/c1-33-23-22(18-35-26(30)19-12-6-3-7-13-19)36-29(34-2)25(38-28(32)21-16-10-5-11-17-21)24(23)37-27(31)20-14-8-4-9-15-20/h3-17,22-25,29H,18H2,1-2H3/t22-,23+,24+,25-,29+/m1/s1. The van der Waals surface area contributed by atoms with Gasteiger partial charge in [0.15, 0.2) is 18.5 Å². The summed E-state index contributed by atoms with van der Waals surface area (Å²) in [4.78, 5) is 38.5. The van der Waals surface area contributed by atoms with Crippen molar-refractivity contribution in [2.75, 3.05) is 20.8 Å². The Morgan fingerprint density at radius 3 is 1.50 bits per heavy atom. The van der Waals surface area contributed by atoms with E-state index in [1.807, 2.05) is 0 Å². The number of methoxy groups -OCH3 is 2. The van der Waals surface area contributed by atoms with Gasteiger partial charge in [0.05, 0.1) is 16.7 Å². The number of carbonyl (C=O) groups is 3. The van der Waals surface area contributed by atoms with Gasteiger partial charge >= 0.3 is 17.9 Å². The average Bonchev–Trinajstić information content (AvgIpc) is 2.97. The van der Waals surface area contributed by atoms with Crippen molar-refractivity contribution >= 4 is 17.9 Å². The fourth-order valence-electron chi connectivity index (χ4n) is 4.09. The van der Waals surface area contributed by atoms with Crippen molar-refractivity contribution in [3.05, 3.63) is 108 Å². The van der Waals surface area contributed by atoms with E-state index in [4.69, 9.17) is 28.4 Å². The molecule has 0 spiro atoms. The van der Waals surface area contributed by atoms with Crippen LogP contribution in [0.25, 0.3) is 0 Å². The quantitative estimate of drug-likeness (QED) is 0.308. The van der Waals surface area contributed by atoms with E-state index in [9.17, 15) is 14.4 Å². The van der Waals surface area contributed by atoms with Crippen LogP contribution in [0.3, 0.4) is 0 Å². The molecule has 0 bridgehead atoms. The van der Waals surface area contributed by atoms with Crippen molar-refractivity contribution in [2.45, 2.75) is 30.7 Å². The smallest absolute Gasteiger partial charge is 0.338 e. The van der Waals surface area contributed by atoms with E-state index >= 15 is 0 Å². The molecule has 3 aromatic rings. The van der Waals surface area contributed by atoms with Crippen LogP contribution in [0.5, 0.6) is 0 Å². The molecule has 0 radical (unpaired) electrons. The molecule has 0 aliphatic carbocycles. The number of hydrogen-bond acceptors (Lipinski definition) is 9. The van der Waals surface area contributed by atoms with Gasteiger partial charge < -0.3 is 28.4 Å². The second kappa shape index (κ2) is 13.0. The van der Waals surface area contributed by atoms with Crippen LogP contribution in [-0.4, -0.2) is 69.4 Å². The van der Waals surface area contributed by atoms with Crippen molar-refractivity contribution in [2.24, 2.45) is 0 Å². The van der Waals surface area contributed by atoms with Gasteiger partial charge in [0.1, 0.15) is 18.8 Å². The normalized spacial score (nSPS) is 22.7. The molecule has 3 aromatic carbocycles. The Morgan fingerprint density at radius 2 is 1.05 bits per heavy atom. The Hall–Kier alpha value is -4.05. The molecule has 0 aromatic heterocycles. The molecule has 4 rings (SSSR count). The third-order valence-corrected chi connectivity index (χ3v) is 5.99. The molecule has 38 heavy (non-hydrogen) atoms. The van der Waals surface area contributed by atoms with Crippen molar-refractivity contribution in [1.29, 1.82) is 0 Å². The minimum Gasteiger partial charge on any atom is -0.459 e. The van der Waals surface area contributed by atoms with E-state index in [-0.39, 0.29) is 6.61 Å². The lowest BCUT2D eigenvalue weighted by Crippen LogP contribution is -2.62. The molecule has 0 N–H and O–H groups in total. The number of rotatable bonds is 9. The first-order valence-electron chi connectivity index (χ1n) is 12.0. The number of ether oxygens (including phenoxy) is 6. The minimum atomic E-state index is -1.19. The fraction of sp³-hybridized carbons (Fsp3) is 0.276. The Kier molecular flexibility index (Phi) is 9.21. The second-order valence-corrected chi connectivity index (χ2v) is 8.42. The van der Waals surface area contributed by atoms with Crippen LogP contribution in [-0.2, 0) is 28.4 Å². The molecular weight excluding hydrogens is 492 g/mol. The minimum absolute atomic E-state index is 0.231. The highest BCUT2D eigenvalue weighted by atomic mass is 16.7. The first kappa shape index (κ1) is 27.0. The monoisotopic (exact) mass is 520 g/mol. The molecule has 9 nitrogen and oxygen atoms in total. The number of benzene rings is 3. The summed E-state index contributed by atoms with van der Waals surface area (Å²) >= 11 is 0. The fourth-order valence-corrected chi connectivity index (χ4v) is 4.09. The summed E-state index contributed by atoms with van der Waals surface area (Å²) in [5, 5.41) is 0. The molecule has 1 aliphatic rings. The molecule has 198 valence electrons. The molecule has 0 saturated carbocycles. The first-order chi connectivity index (χ1) is 18.5. The molecule has 1 fully saturated rings. The summed E-state index contributed by atoms with van der Waals surface area (Å²) in [6, 6.07) is 25.2. The molecule has 0 amide bonds. The molecule has 5 atom stereocenters. The van der Waals surface area contributed by atoms with E-state index in [0.29, 0.717) is 16.7 Å². The van der Waals surface area contributed by atoms with Gasteiger partial charge in [-0.05, 0) is 36.4 Å². The van der Waals surface area contributed by atoms with Crippen LogP contribution in [0.2, 0.25) is 0 Å². The zero-order valence-electron chi connectivity index (χ0n) is 20.9. The van der Waals surface area contributed by atoms with Crippen molar-refractivity contribution in [3.63, 3.8) is 0 Å². The first-order valence-corrected chi connectivity index (χ1v) is 12.0. The zero-order valence-corrected chi connectivity index (χ0v) is 20.9.